The van der Waals surface area contributed by atoms with Crippen molar-refractivity contribution < 1.29 is 20.1 Å². The summed E-state index contributed by atoms with van der Waals surface area (Å²) in [6, 6.07) is 0. The first-order valence-electron chi connectivity index (χ1n) is 5.94. The Balaban J connectivity index is 2.29. The van der Waals surface area contributed by atoms with E-state index in [2.05, 4.69) is 10.3 Å². The van der Waals surface area contributed by atoms with E-state index in [4.69, 9.17) is 15.3 Å². The Hall–Kier alpha value is -1.42. The van der Waals surface area contributed by atoms with E-state index in [1.807, 2.05) is 0 Å². The summed E-state index contributed by atoms with van der Waals surface area (Å²) in [5.74, 6) is -0.0619. The molecule has 1 aromatic heterocycles. The standard InChI is InChI=1S/C11H15N3O5S/c15-4-11(5-16,6-17)13-8(18)7-3-12-10-14(9(7)19)1-2-20-10/h3,15-17H,1-2,4-6H2,(H,13,18). The maximum atomic E-state index is 12.1. The highest BCUT2D eigenvalue weighted by Gasteiger charge is 2.31. The van der Waals surface area contributed by atoms with Crippen LogP contribution in [0.4, 0.5) is 0 Å². The van der Waals surface area contributed by atoms with E-state index in [-0.39, 0.29) is 5.56 Å². The minimum absolute atomic E-state index is 0.184. The second-order valence-corrected chi connectivity index (χ2v) is 5.53. The Morgan fingerprint density at radius 1 is 1.40 bits per heavy atom. The van der Waals surface area contributed by atoms with Crippen LogP contribution >= 0.6 is 11.8 Å². The Morgan fingerprint density at radius 2 is 2.05 bits per heavy atom. The van der Waals surface area contributed by atoms with Crippen LogP contribution in [0.25, 0.3) is 0 Å². The fraction of sp³-hybridized carbons (Fsp3) is 0.545. The zero-order valence-corrected chi connectivity index (χ0v) is 11.4. The van der Waals surface area contributed by atoms with E-state index in [0.29, 0.717) is 11.7 Å². The summed E-state index contributed by atoms with van der Waals surface area (Å²) >= 11 is 1.43. The summed E-state index contributed by atoms with van der Waals surface area (Å²) in [6.45, 7) is -1.47. The number of carbonyl (C=O) groups is 1. The van der Waals surface area contributed by atoms with Crippen molar-refractivity contribution in [2.24, 2.45) is 0 Å². The first kappa shape index (κ1) is 15.0. The van der Waals surface area contributed by atoms with Crippen LogP contribution in [0.15, 0.2) is 16.1 Å². The summed E-state index contributed by atoms with van der Waals surface area (Å²) < 4.78 is 1.40. The van der Waals surface area contributed by atoms with E-state index in [1.165, 1.54) is 22.5 Å². The van der Waals surface area contributed by atoms with Crippen LogP contribution in [-0.2, 0) is 6.54 Å². The molecule has 0 saturated heterocycles. The summed E-state index contributed by atoms with van der Waals surface area (Å²) in [7, 11) is 0. The van der Waals surface area contributed by atoms with Crippen molar-refractivity contribution in [1.29, 1.82) is 0 Å². The third-order valence-electron chi connectivity index (χ3n) is 3.09. The highest BCUT2D eigenvalue weighted by atomic mass is 32.2. The molecule has 0 aliphatic carbocycles. The first-order valence-corrected chi connectivity index (χ1v) is 6.93. The van der Waals surface area contributed by atoms with Crippen molar-refractivity contribution in [3.63, 3.8) is 0 Å². The number of hydrogen-bond acceptors (Lipinski definition) is 7. The Morgan fingerprint density at radius 3 is 2.65 bits per heavy atom. The van der Waals surface area contributed by atoms with Crippen molar-refractivity contribution >= 4 is 17.7 Å². The molecule has 8 nitrogen and oxygen atoms in total. The molecule has 0 radical (unpaired) electrons. The molecule has 2 heterocycles. The average Bonchev–Trinajstić information content (AvgIpc) is 2.94. The maximum absolute atomic E-state index is 12.1. The quantitative estimate of drug-likeness (QED) is 0.455. The van der Waals surface area contributed by atoms with Gasteiger partial charge in [0, 0.05) is 18.5 Å². The van der Waals surface area contributed by atoms with Gasteiger partial charge in [-0.3, -0.25) is 14.2 Å². The maximum Gasteiger partial charge on any atom is 0.267 e. The molecule has 1 aromatic rings. The molecule has 0 fully saturated rings. The zero-order chi connectivity index (χ0) is 14.8. The van der Waals surface area contributed by atoms with Crippen LogP contribution in [0.1, 0.15) is 10.4 Å². The lowest BCUT2D eigenvalue weighted by Crippen LogP contribution is -2.57. The minimum Gasteiger partial charge on any atom is -0.394 e. The number of aliphatic hydroxyl groups is 3. The number of carbonyl (C=O) groups excluding carboxylic acids is 1. The third-order valence-corrected chi connectivity index (χ3v) is 4.06. The molecule has 0 bridgehead atoms. The monoisotopic (exact) mass is 301 g/mol. The fourth-order valence-corrected chi connectivity index (χ4v) is 2.66. The minimum atomic E-state index is -1.57. The zero-order valence-electron chi connectivity index (χ0n) is 10.6. The van der Waals surface area contributed by atoms with Gasteiger partial charge in [0.15, 0.2) is 5.16 Å². The van der Waals surface area contributed by atoms with Gasteiger partial charge < -0.3 is 20.6 Å². The lowest BCUT2D eigenvalue weighted by molar-refractivity contribution is 0.0374. The van der Waals surface area contributed by atoms with Crippen LogP contribution in [0.2, 0.25) is 0 Å². The molecule has 0 spiro atoms. The van der Waals surface area contributed by atoms with Crippen LogP contribution in [0.5, 0.6) is 0 Å². The summed E-state index contributed by atoms with van der Waals surface area (Å²) in [5, 5.41) is 30.3. The number of nitrogens with one attached hydrogen (secondary N) is 1. The van der Waals surface area contributed by atoms with Gasteiger partial charge in [-0.15, -0.1) is 0 Å². The number of thioether (sulfide) groups is 1. The van der Waals surface area contributed by atoms with E-state index < -0.39 is 36.8 Å². The molecule has 2 rings (SSSR count). The molecule has 0 unspecified atom stereocenters. The predicted molar refractivity (Wildman–Crippen MR) is 70.7 cm³/mol. The molecule has 1 aliphatic rings. The Kier molecular flexibility index (Phi) is 4.43. The van der Waals surface area contributed by atoms with E-state index in [0.717, 1.165) is 5.75 Å². The molecule has 0 atom stereocenters. The van der Waals surface area contributed by atoms with Gasteiger partial charge in [0.1, 0.15) is 11.1 Å². The largest absolute Gasteiger partial charge is 0.394 e. The second-order valence-electron chi connectivity index (χ2n) is 4.47. The highest BCUT2D eigenvalue weighted by molar-refractivity contribution is 7.99. The van der Waals surface area contributed by atoms with Gasteiger partial charge in [0.2, 0.25) is 0 Å². The number of aliphatic hydroxyl groups excluding tert-OH is 3. The average molecular weight is 301 g/mol. The summed E-state index contributed by atoms with van der Waals surface area (Å²) in [6.07, 6.45) is 1.17. The van der Waals surface area contributed by atoms with Gasteiger partial charge in [-0.2, -0.15) is 0 Å². The van der Waals surface area contributed by atoms with Crippen LogP contribution in [0.3, 0.4) is 0 Å². The summed E-state index contributed by atoms with van der Waals surface area (Å²) in [4.78, 5) is 28.2. The SMILES string of the molecule is O=C(NC(CO)(CO)CO)c1cnc2n(c1=O)CCS2. The predicted octanol–water partition coefficient (Wildman–Crippen LogP) is -2.21. The van der Waals surface area contributed by atoms with Crippen LogP contribution in [-0.4, -0.2) is 61.9 Å². The van der Waals surface area contributed by atoms with Gasteiger partial charge in [-0.05, 0) is 0 Å². The number of rotatable bonds is 5. The summed E-state index contributed by atoms with van der Waals surface area (Å²) in [5.41, 5.74) is -2.22. The lowest BCUT2D eigenvalue weighted by Gasteiger charge is -2.28. The molecular formula is C11H15N3O5S. The molecule has 0 saturated carbocycles. The Bertz CT molecular complexity index is 561. The molecule has 1 aliphatic heterocycles. The van der Waals surface area contributed by atoms with E-state index in [1.54, 1.807) is 0 Å². The number of nitrogens with zero attached hydrogens (tertiary/aromatic N) is 2. The molecule has 0 aromatic carbocycles. The number of hydrogen-bond donors (Lipinski definition) is 4. The topological polar surface area (TPSA) is 125 Å². The lowest BCUT2D eigenvalue weighted by atomic mass is 10.0. The number of aromatic nitrogens is 2. The van der Waals surface area contributed by atoms with E-state index >= 15 is 0 Å². The van der Waals surface area contributed by atoms with Crippen LogP contribution < -0.4 is 10.9 Å². The van der Waals surface area contributed by atoms with Crippen molar-refractivity contribution in [2.75, 3.05) is 25.6 Å². The van der Waals surface area contributed by atoms with Gasteiger partial charge in [0.25, 0.3) is 11.5 Å². The second kappa shape index (κ2) is 5.92. The first-order chi connectivity index (χ1) is 9.56. The molecular weight excluding hydrogens is 286 g/mol. The van der Waals surface area contributed by atoms with Gasteiger partial charge >= 0.3 is 0 Å². The van der Waals surface area contributed by atoms with Gasteiger partial charge in [-0.1, -0.05) is 11.8 Å². The van der Waals surface area contributed by atoms with Crippen molar-refractivity contribution in [3.8, 4) is 0 Å². The van der Waals surface area contributed by atoms with Crippen molar-refractivity contribution in [2.45, 2.75) is 17.2 Å². The molecule has 4 N–H and O–H groups in total. The number of fused-ring (bicyclic) bond motifs is 1. The normalized spacial score (nSPS) is 14.2. The smallest absolute Gasteiger partial charge is 0.267 e. The number of amides is 1. The molecule has 9 heteroatoms. The van der Waals surface area contributed by atoms with Gasteiger partial charge in [-0.25, -0.2) is 4.98 Å². The molecule has 20 heavy (non-hydrogen) atoms. The van der Waals surface area contributed by atoms with Crippen molar-refractivity contribution in [1.82, 2.24) is 14.9 Å². The fourth-order valence-electron chi connectivity index (χ4n) is 1.75. The molecule has 1 amide bonds. The van der Waals surface area contributed by atoms with Crippen LogP contribution in [0, 0.1) is 0 Å². The highest BCUT2D eigenvalue weighted by Crippen LogP contribution is 2.20. The Labute approximate surface area is 118 Å². The molecule has 110 valence electrons. The van der Waals surface area contributed by atoms with Crippen molar-refractivity contribution in [3.05, 3.63) is 22.1 Å². The van der Waals surface area contributed by atoms with Gasteiger partial charge in [0.05, 0.1) is 19.8 Å². The van der Waals surface area contributed by atoms with E-state index in [9.17, 15) is 9.59 Å². The third kappa shape index (κ3) is 2.57.